The number of benzene rings is 2. The van der Waals surface area contributed by atoms with Crippen molar-refractivity contribution >= 4 is 23.4 Å². The molecule has 1 heterocycles. The van der Waals surface area contributed by atoms with Gasteiger partial charge < -0.3 is 15.2 Å². The fraction of sp³-hybridized carbons (Fsp3) is 0.292. The quantitative estimate of drug-likeness (QED) is 0.521. The number of carbonyl (C=O) groups is 2. The first-order valence-electron chi connectivity index (χ1n) is 10.2. The van der Waals surface area contributed by atoms with Gasteiger partial charge in [-0.1, -0.05) is 24.3 Å². The molecule has 4 rings (SSSR count). The minimum atomic E-state index is -0.987. The number of nitrogens with zero attached hydrogens (tertiary/aromatic N) is 1. The standard InChI is InChI=1S/C24H24N2O4S/c1-14(26-23(27)21-13-25-31-15(21)2)22(18-7-5-17(6-8-18)16-3-4-16)30-20-11-9-19(10-12-20)24(28)29/h5-14,16,22H,3-4H2,1-2H3,(H,26,27)(H,28,29)/t14-,22-/m0/s1. The second-order valence-electron chi connectivity index (χ2n) is 7.87. The Morgan fingerprint density at radius 3 is 2.35 bits per heavy atom. The maximum absolute atomic E-state index is 12.7. The van der Waals surface area contributed by atoms with Crippen molar-refractivity contribution in [1.82, 2.24) is 9.69 Å². The number of carbonyl (C=O) groups excluding carboxylic acids is 1. The molecule has 0 saturated heterocycles. The van der Waals surface area contributed by atoms with E-state index in [2.05, 4.69) is 21.8 Å². The Morgan fingerprint density at radius 2 is 1.81 bits per heavy atom. The van der Waals surface area contributed by atoms with E-state index in [4.69, 9.17) is 9.84 Å². The summed E-state index contributed by atoms with van der Waals surface area (Å²) < 4.78 is 10.3. The Balaban J connectivity index is 1.57. The van der Waals surface area contributed by atoms with Crippen LogP contribution in [0.4, 0.5) is 0 Å². The highest BCUT2D eigenvalue weighted by molar-refractivity contribution is 7.06. The number of carboxylic acids is 1. The molecule has 2 aromatic carbocycles. The first-order valence-corrected chi connectivity index (χ1v) is 11.0. The first kappa shape index (κ1) is 21.1. The highest BCUT2D eigenvalue weighted by atomic mass is 32.1. The van der Waals surface area contributed by atoms with E-state index in [0.717, 1.165) is 10.4 Å². The third-order valence-corrected chi connectivity index (χ3v) is 6.19. The lowest BCUT2D eigenvalue weighted by Gasteiger charge is -2.27. The average molecular weight is 437 g/mol. The number of nitrogens with one attached hydrogen (secondary N) is 1. The predicted molar refractivity (Wildman–Crippen MR) is 119 cm³/mol. The van der Waals surface area contributed by atoms with Crippen LogP contribution in [0.3, 0.4) is 0 Å². The normalized spacial score (nSPS) is 15.2. The van der Waals surface area contributed by atoms with E-state index in [1.165, 1.54) is 42.1 Å². The van der Waals surface area contributed by atoms with Gasteiger partial charge in [0.1, 0.15) is 11.9 Å². The van der Waals surface area contributed by atoms with Gasteiger partial charge in [0.05, 0.1) is 23.4 Å². The summed E-state index contributed by atoms with van der Waals surface area (Å²) in [7, 11) is 0. The molecule has 0 aliphatic heterocycles. The molecule has 1 amide bonds. The van der Waals surface area contributed by atoms with Crippen molar-refractivity contribution in [3.63, 3.8) is 0 Å². The van der Waals surface area contributed by atoms with E-state index >= 15 is 0 Å². The Labute approximate surface area is 185 Å². The Morgan fingerprint density at radius 1 is 1.13 bits per heavy atom. The molecular formula is C24H24N2O4S. The van der Waals surface area contributed by atoms with Gasteiger partial charge in [-0.2, -0.15) is 0 Å². The summed E-state index contributed by atoms with van der Waals surface area (Å²) in [6.45, 7) is 3.77. The SMILES string of the molecule is Cc1sncc1C(=O)N[C@@H](C)[C@H](Oc1ccc(C(=O)O)cc1)c1ccc(C2CC2)cc1. The van der Waals surface area contributed by atoms with Crippen LogP contribution in [0.25, 0.3) is 0 Å². The van der Waals surface area contributed by atoms with Crippen LogP contribution in [0.1, 0.15) is 68.5 Å². The van der Waals surface area contributed by atoms with Crippen molar-refractivity contribution in [2.45, 2.75) is 44.8 Å². The summed E-state index contributed by atoms with van der Waals surface area (Å²) in [5.74, 6) is 0.0150. The van der Waals surface area contributed by atoms with E-state index in [-0.39, 0.29) is 17.5 Å². The van der Waals surface area contributed by atoms with Crippen molar-refractivity contribution in [2.24, 2.45) is 0 Å². The van der Waals surface area contributed by atoms with Gasteiger partial charge in [-0.3, -0.25) is 4.79 Å². The Hall–Kier alpha value is -3.19. The van der Waals surface area contributed by atoms with Crippen molar-refractivity contribution in [2.75, 3.05) is 0 Å². The molecule has 0 radical (unpaired) electrons. The van der Waals surface area contributed by atoms with Crippen LogP contribution < -0.4 is 10.1 Å². The lowest BCUT2D eigenvalue weighted by molar-refractivity contribution is 0.0696. The van der Waals surface area contributed by atoms with Crippen LogP contribution >= 0.6 is 11.5 Å². The Kier molecular flexibility index (Phi) is 6.04. The molecule has 0 unspecified atom stereocenters. The largest absolute Gasteiger partial charge is 0.484 e. The zero-order valence-electron chi connectivity index (χ0n) is 17.4. The smallest absolute Gasteiger partial charge is 0.335 e. The van der Waals surface area contributed by atoms with Gasteiger partial charge in [0, 0.05) is 4.88 Å². The molecule has 1 aliphatic carbocycles. The van der Waals surface area contributed by atoms with Gasteiger partial charge in [0.25, 0.3) is 5.91 Å². The van der Waals surface area contributed by atoms with Gasteiger partial charge >= 0.3 is 5.97 Å². The number of rotatable bonds is 8. The topological polar surface area (TPSA) is 88.5 Å². The number of aromatic nitrogens is 1. The molecule has 0 bridgehead atoms. The summed E-state index contributed by atoms with van der Waals surface area (Å²) in [5, 5.41) is 12.1. The van der Waals surface area contributed by atoms with E-state index in [0.29, 0.717) is 17.2 Å². The van der Waals surface area contributed by atoms with Crippen LogP contribution in [0.2, 0.25) is 0 Å². The molecule has 1 saturated carbocycles. The molecule has 2 N–H and O–H groups in total. The number of ether oxygens (including phenoxy) is 1. The number of carboxylic acid groups (broad SMARTS) is 1. The number of aryl methyl sites for hydroxylation is 1. The number of hydrogen-bond donors (Lipinski definition) is 2. The summed E-state index contributed by atoms with van der Waals surface area (Å²) in [5.41, 5.74) is 3.02. The highest BCUT2D eigenvalue weighted by Gasteiger charge is 2.27. The maximum atomic E-state index is 12.7. The van der Waals surface area contributed by atoms with E-state index < -0.39 is 12.1 Å². The van der Waals surface area contributed by atoms with E-state index in [1.54, 1.807) is 18.3 Å². The average Bonchev–Trinajstić information content (AvgIpc) is 3.52. The fourth-order valence-electron chi connectivity index (χ4n) is 3.53. The van der Waals surface area contributed by atoms with Crippen molar-refractivity contribution in [3.05, 3.63) is 81.9 Å². The molecule has 160 valence electrons. The molecule has 6 nitrogen and oxygen atoms in total. The Bertz CT molecular complexity index is 1070. The summed E-state index contributed by atoms with van der Waals surface area (Å²) in [4.78, 5) is 24.7. The minimum absolute atomic E-state index is 0.192. The molecule has 3 aromatic rings. The second kappa shape index (κ2) is 8.89. The van der Waals surface area contributed by atoms with Crippen LogP contribution in [-0.2, 0) is 0 Å². The van der Waals surface area contributed by atoms with E-state index in [9.17, 15) is 9.59 Å². The summed E-state index contributed by atoms with van der Waals surface area (Å²) in [6, 6.07) is 14.3. The third-order valence-electron chi connectivity index (χ3n) is 5.49. The molecule has 31 heavy (non-hydrogen) atoms. The van der Waals surface area contributed by atoms with Crippen molar-refractivity contribution in [3.8, 4) is 5.75 Å². The van der Waals surface area contributed by atoms with Crippen LogP contribution in [0.5, 0.6) is 5.75 Å². The van der Waals surface area contributed by atoms with Crippen LogP contribution in [0, 0.1) is 6.92 Å². The number of hydrogen-bond acceptors (Lipinski definition) is 5. The predicted octanol–water partition coefficient (Wildman–Crippen LogP) is 4.97. The summed E-state index contributed by atoms with van der Waals surface area (Å²) in [6.07, 6.45) is 3.60. The van der Waals surface area contributed by atoms with E-state index in [1.807, 2.05) is 26.0 Å². The number of amides is 1. The molecular weight excluding hydrogens is 412 g/mol. The maximum Gasteiger partial charge on any atom is 0.335 e. The van der Waals surface area contributed by atoms with Gasteiger partial charge in [0.2, 0.25) is 0 Å². The lowest BCUT2D eigenvalue weighted by atomic mass is 10.00. The highest BCUT2D eigenvalue weighted by Crippen LogP contribution is 2.40. The molecule has 2 atom stereocenters. The molecule has 0 spiro atoms. The van der Waals surface area contributed by atoms with Gasteiger partial charge in [0.15, 0.2) is 0 Å². The zero-order chi connectivity index (χ0) is 22.0. The fourth-order valence-corrected chi connectivity index (χ4v) is 4.09. The molecule has 1 aromatic heterocycles. The van der Waals surface area contributed by atoms with Crippen LogP contribution in [-0.4, -0.2) is 27.4 Å². The second-order valence-corrected chi connectivity index (χ2v) is 8.87. The molecule has 1 fully saturated rings. The van der Waals surface area contributed by atoms with Crippen molar-refractivity contribution < 1.29 is 19.4 Å². The lowest BCUT2D eigenvalue weighted by Crippen LogP contribution is -2.39. The monoisotopic (exact) mass is 436 g/mol. The molecule has 7 heteroatoms. The van der Waals surface area contributed by atoms with Crippen LogP contribution in [0.15, 0.2) is 54.7 Å². The minimum Gasteiger partial charge on any atom is -0.484 e. The first-order chi connectivity index (χ1) is 14.9. The summed E-state index contributed by atoms with van der Waals surface area (Å²) >= 11 is 1.29. The van der Waals surface area contributed by atoms with Gasteiger partial charge in [-0.15, -0.1) is 0 Å². The zero-order valence-corrected chi connectivity index (χ0v) is 18.2. The van der Waals surface area contributed by atoms with Gasteiger partial charge in [-0.05, 0) is 79.5 Å². The van der Waals surface area contributed by atoms with Gasteiger partial charge in [-0.25, -0.2) is 9.17 Å². The molecule has 1 aliphatic rings. The van der Waals surface area contributed by atoms with Crippen molar-refractivity contribution in [1.29, 1.82) is 0 Å². The number of aromatic carboxylic acids is 1. The third kappa shape index (κ3) is 4.94.